The number of aliphatic hydroxyl groups is 1. The molecule has 1 aliphatic rings. The third-order valence-electron chi connectivity index (χ3n) is 3.17. The van der Waals surface area contributed by atoms with E-state index in [1.54, 1.807) is 17.0 Å². The Balaban J connectivity index is 2.17. The fourth-order valence-electron chi connectivity index (χ4n) is 2.28. The number of nitrogens with zero attached hydrogens (tertiary/aromatic N) is 1. The first-order valence-electron chi connectivity index (χ1n) is 6.01. The van der Waals surface area contributed by atoms with E-state index in [0.717, 1.165) is 0 Å². The molecule has 1 fully saturated rings. The summed E-state index contributed by atoms with van der Waals surface area (Å²) in [7, 11) is -3.23. The van der Waals surface area contributed by atoms with Crippen LogP contribution in [-0.4, -0.2) is 48.6 Å². The van der Waals surface area contributed by atoms with E-state index in [4.69, 9.17) is 27.6 Å². The maximum atomic E-state index is 11.6. The zero-order chi connectivity index (χ0) is 14.8. The standard InChI is InChI=1S/C12H15Cl2NO4S/c13-4-9(14)5-15(6-10-2-1-3-19-10)11-7-20(17,18)8-12(11)16/h1-4,11-12,16H,5-8H2/b9-4-. The van der Waals surface area contributed by atoms with Crippen LogP contribution in [-0.2, 0) is 16.4 Å². The van der Waals surface area contributed by atoms with Crippen molar-refractivity contribution in [2.24, 2.45) is 0 Å². The molecule has 5 nitrogen and oxygen atoms in total. The summed E-state index contributed by atoms with van der Waals surface area (Å²) in [5.41, 5.74) is 1.23. The Morgan fingerprint density at radius 1 is 1.55 bits per heavy atom. The molecule has 1 aliphatic heterocycles. The van der Waals surface area contributed by atoms with E-state index in [1.807, 2.05) is 0 Å². The van der Waals surface area contributed by atoms with Crippen molar-refractivity contribution in [3.8, 4) is 0 Å². The van der Waals surface area contributed by atoms with Gasteiger partial charge in [0, 0.05) is 17.1 Å². The quantitative estimate of drug-likeness (QED) is 0.881. The monoisotopic (exact) mass is 339 g/mol. The summed E-state index contributed by atoms with van der Waals surface area (Å²) in [6.45, 7) is 0.605. The molecule has 0 spiro atoms. The maximum absolute atomic E-state index is 11.6. The molecule has 1 saturated heterocycles. The Morgan fingerprint density at radius 3 is 2.80 bits per heavy atom. The number of hydrogen-bond acceptors (Lipinski definition) is 5. The molecule has 1 aromatic rings. The van der Waals surface area contributed by atoms with Gasteiger partial charge in [-0.3, -0.25) is 4.90 Å². The highest BCUT2D eigenvalue weighted by molar-refractivity contribution is 7.91. The summed E-state index contributed by atoms with van der Waals surface area (Å²) >= 11 is 11.5. The van der Waals surface area contributed by atoms with E-state index in [0.29, 0.717) is 17.3 Å². The van der Waals surface area contributed by atoms with E-state index in [9.17, 15) is 13.5 Å². The lowest BCUT2D eigenvalue weighted by Crippen LogP contribution is -2.43. The normalized spacial score (nSPS) is 26.3. The van der Waals surface area contributed by atoms with E-state index in [2.05, 4.69) is 0 Å². The molecule has 2 unspecified atom stereocenters. The number of aliphatic hydroxyl groups excluding tert-OH is 1. The molecule has 0 amide bonds. The molecule has 2 atom stereocenters. The van der Waals surface area contributed by atoms with Crippen LogP contribution in [0, 0.1) is 0 Å². The number of rotatable bonds is 5. The molecule has 0 radical (unpaired) electrons. The molecule has 0 aromatic carbocycles. The van der Waals surface area contributed by atoms with E-state index >= 15 is 0 Å². The van der Waals surface area contributed by atoms with Crippen molar-refractivity contribution < 1.29 is 17.9 Å². The van der Waals surface area contributed by atoms with Gasteiger partial charge in [-0.25, -0.2) is 8.42 Å². The molecule has 8 heteroatoms. The first-order chi connectivity index (χ1) is 9.41. The van der Waals surface area contributed by atoms with Crippen molar-refractivity contribution in [1.82, 2.24) is 4.90 Å². The van der Waals surface area contributed by atoms with Gasteiger partial charge in [-0.1, -0.05) is 23.2 Å². The predicted molar refractivity (Wildman–Crippen MR) is 77.4 cm³/mol. The van der Waals surface area contributed by atoms with Crippen LogP contribution in [0.3, 0.4) is 0 Å². The lowest BCUT2D eigenvalue weighted by molar-refractivity contribution is 0.0812. The zero-order valence-electron chi connectivity index (χ0n) is 10.6. The van der Waals surface area contributed by atoms with Crippen molar-refractivity contribution in [3.05, 3.63) is 34.7 Å². The average molecular weight is 340 g/mol. The number of sulfone groups is 1. The van der Waals surface area contributed by atoms with Crippen LogP contribution < -0.4 is 0 Å². The largest absolute Gasteiger partial charge is 0.468 e. The first kappa shape index (κ1) is 15.9. The molecule has 0 bridgehead atoms. The minimum absolute atomic E-state index is 0.0959. The second-order valence-corrected chi connectivity index (χ2v) is 7.61. The van der Waals surface area contributed by atoms with Crippen LogP contribution in [0.4, 0.5) is 0 Å². The van der Waals surface area contributed by atoms with Gasteiger partial charge in [0.25, 0.3) is 0 Å². The maximum Gasteiger partial charge on any atom is 0.154 e. The van der Waals surface area contributed by atoms with Crippen LogP contribution in [0.25, 0.3) is 0 Å². The van der Waals surface area contributed by atoms with Gasteiger partial charge in [-0.2, -0.15) is 0 Å². The Kier molecular flexibility index (Phi) is 5.14. The molecule has 2 heterocycles. The lowest BCUT2D eigenvalue weighted by atomic mass is 10.1. The molecular formula is C12H15Cl2NO4S. The van der Waals surface area contributed by atoms with Gasteiger partial charge in [0.2, 0.25) is 0 Å². The van der Waals surface area contributed by atoms with Gasteiger partial charge in [0.05, 0.1) is 36.5 Å². The molecule has 1 N–H and O–H groups in total. The Labute approximate surface area is 127 Å². The summed E-state index contributed by atoms with van der Waals surface area (Å²) in [6, 6.07) is 3.01. The number of halogens is 2. The average Bonchev–Trinajstić information content (AvgIpc) is 2.95. The Morgan fingerprint density at radius 2 is 2.30 bits per heavy atom. The second kappa shape index (κ2) is 6.49. The van der Waals surface area contributed by atoms with E-state index in [-0.39, 0.29) is 18.1 Å². The SMILES string of the molecule is O=S1(=O)CC(O)C(N(C/C(Cl)=C/Cl)Cc2ccco2)C1. The summed E-state index contributed by atoms with van der Waals surface area (Å²) in [4.78, 5) is 1.76. The Bertz CT molecular complexity index is 570. The minimum Gasteiger partial charge on any atom is -0.468 e. The Hall–Kier alpha value is -0.530. The third kappa shape index (κ3) is 3.99. The van der Waals surface area contributed by atoms with Crippen molar-refractivity contribution in [2.45, 2.75) is 18.7 Å². The second-order valence-electron chi connectivity index (χ2n) is 4.75. The number of furan rings is 1. The van der Waals surface area contributed by atoms with Crippen molar-refractivity contribution in [1.29, 1.82) is 0 Å². The van der Waals surface area contributed by atoms with Gasteiger partial charge >= 0.3 is 0 Å². The zero-order valence-corrected chi connectivity index (χ0v) is 12.9. The van der Waals surface area contributed by atoms with Crippen molar-refractivity contribution in [2.75, 3.05) is 18.1 Å². The topological polar surface area (TPSA) is 70.8 Å². The minimum atomic E-state index is -3.23. The summed E-state index contributed by atoms with van der Waals surface area (Å²) < 4.78 is 28.5. The highest BCUT2D eigenvalue weighted by atomic mass is 35.5. The van der Waals surface area contributed by atoms with Gasteiger partial charge in [-0.05, 0) is 12.1 Å². The summed E-state index contributed by atoms with van der Waals surface area (Å²) in [6.07, 6.45) is 0.601. The van der Waals surface area contributed by atoms with Crippen LogP contribution in [0.2, 0.25) is 0 Å². The summed E-state index contributed by atoms with van der Waals surface area (Å²) in [5.74, 6) is 0.344. The van der Waals surface area contributed by atoms with E-state index < -0.39 is 22.0 Å². The van der Waals surface area contributed by atoms with Crippen LogP contribution in [0.5, 0.6) is 0 Å². The van der Waals surface area contributed by atoms with Crippen molar-refractivity contribution >= 4 is 33.0 Å². The molecule has 1 aromatic heterocycles. The van der Waals surface area contributed by atoms with Crippen LogP contribution >= 0.6 is 23.2 Å². The number of hydrogen-bond donors (Lipinski definition) is 1. The predicted octanol–water partition coefficient (Wildman–Crippen LogP) is 1.56. The highest BCUT2D eigenvalue weighted by Gasteiger charge is 2.40. The first-order valence-corrected chi connectivity index (χ1v) is 8.64. The van der Waals surface area contributed by atoms with Crippen LogP contribution in [0.1, 0.15) is 5.76 Å². The molecule has 2 rings (SSSR count). The summed E-state index contributed by atoms with van der Waals surface area (Å²) in [5, 5.41) is 10.3. The molecule has 0 aliphatic carbocycles. The van der Waals surface area contributed by atoms with Crippen molar-refractivity contribution in [3.63, 3.8) is 0 Å². The lowest BCUT2D eigenvalue weighted by Gasteiger charge is -2.28. The van der Waals surface area contributed by atoms with Crippen LogP contribution in [0.15, 0.2) is 33.4 Å². The van der Waals surface area contributed by atoms with Gasteiger partial charge in [-0.15, -0.1) is 0 Å². The molecule has 20 heavy (non-hydrogen) atoms. The molecule has 112 valence electrons. The molecular weight excluding hydrogens is 325 g/mol. The molecule has 0 saturated carbocycles. The van der Waals surface area contributed by atoms with E-state index in [1.165, 1.54) is 11.8 Å². The smallest absolute Gasteiger partial charge is 0.154 e. The van der Waals surface area contributed by atoms with Gasteiger partial charge in [0.1, 0.15) is 5.76 Å². The third-order valence-corrected chi connectivity index (χ3v) is 5.48. The highest BCUT2D eigenvalue weighted by Crippen LogP contribution is 2.23. The fourth-order valence-corrected chi connectivity index (χ4v) is 4.34. The van der Waals surface area contributed by atoms with Gasteiger partial charge in [0.15, 0.2) is 9.84 Å². The fraction of sp³-hybridized carbons (Fsp3) is 0.500. The van der Waals surface area contributed by atoms with Gasteiger partial charge < -0.3 is 9.52 Å².